The van der Waals surface area contributed by atoms with Crippen LogP contribution in [0.25, 0.3) is 0 Å². The van der Waals surface area contributed by atoms with Gasteiger partial charge in [-0.05, 0) is 37.7 Å². The molecule has 0 saturated heterocycles. The first-order chi connectivity index (χ1) is 5.41. The van der Waals surface area contributed by atoms with Gasteiger partial charge in [0, 0.05) is 0 Å². The van der Waals surface area contributed by atoms with Gasteiger partial charge in [0.25, 0.3) is 0 Å². The Balaban J connectivity index is 3.02. The van der Waals surface area contributed by atoms with Gasteiger partial charge in [0.2, 0.25) is 0 Å². The molecule has 0 aliphatic heterocycles. The van der Waals surface area contributed by atoms with Crippen LogP contribution in [0.4, 0.5) is 0 Å². The first-order valence-electron chi connectivity index (χ1n) is 4.78. The summed E-state index contributed by atoms with van der Waals surface area (Å²) in [6, 6.07) is 0. The van der Waals surface area contributed by atoms with E-state index in [1.807, 2.05) is 0 Å². The molecule has 0 radical (unpaired) electrons. The summed E-state index contributed by atoms with van der Waals surface area (Å²) in [6.45, 7) is 11.4. The van der Waals surface area contributed by atoms with Gasteiger partial charge in [0.15, 0.2) is 0 Å². The zero-order chi connectivity index (χ0) is 9.35. The second kappa shape index (κ2) is 3.08. The minimum absolute atomic E-state index is 0.325. The summed E-state index contributed by atoms with van der Waals surface area (Å²) in [7, 11) is 0. The third-order valence-electron chi connectivity index (χ3n) is 2.55. The van der Waals surface area contributed by atoms with Crippen LogP contribution in [-0.4, -0.2) is 0 Å². The summed E-state index contributed by atoms with van der Waals surface area (Å²) in [5.41, 5.74) is 4.98. The second-order valence-electron chi connectivity index (χ2n) is 4.93. The summed E-state index contributed by atoms with van der Waals surface area (Å²) < 4.78 is 0. The molecular formula is C12H20. The molecule has 0 aromatic rings. The Labute approximate surface area is 76.4 Å². The van der Waals surface area contributed by atoms with E-state index in [1.165, 1.54) is 18.4 Å². The topological polar surface area (TPSA) is 0 Å². The highest BCUT2D eigenvalue weighted by Gasteiger charge is 2.19. The van der Waals surface area contributed by atoms with Crippen molar-refractivity contribution in [1.29, 1.82) is 0 Å². The summed E-state index contributed by atoms with van der Waals surface area (Å²) in [5.74, 6) is 0. The van der Waals surface area contributed by atoms with Gasteiger partial charge in [-0.3, -0.25) is 0 Å². The molecule has 0 unspecified atom stereocenters. The van der Waals surface area contributed by atoms with E-state index in [9.17, 15) is 0 Å². The Morgan fingerprint density at radius 1 is 1.08 bits per heavy atom. The molecular weight excluding hydrogens is 144 g/mol. The van der Waals surface area contributed by atoms with Gasteiger partial charge in [-0.1, -0.05) is 38.0 Å². The molecule has 0 bridgehead atoms. The van der Waals surface area contributed by atoms with E-state index >= 15 is 0 Å². The minimum atomic E-state index is 0.325. The highest BCUT2D eigenvalue weighted by atomic mass is 14.2. The van der Waals surface area contributed by atoms with Crippen LogP contribution in [0.1, 0.15) is 47.5 Å². The molecule has 1 aliphatic rings. The Bertz CT molecular complexity index is 233. The van der Waals surface area contributed by atoms with Crippen LogP contribution < -0.4 is 0 Å². The highest BCUT2D eigenvalue weighted by Crippen LogP contribution is 2.35. The fraction of sp³-hybridized carbons (Fsp3) is 0.667. The van der Waals surface area contributed by atoms with E-state index in [2.05, 4.69) is 40.7 Å². The Morgan fingerprint density at radius 2 is 1.67 bits per heavy atom. The SMILES string of the molecule is CC1=CC(C(C)(C)C)=C(C)CC1. The van der Waals surface area contributed by atoms with Gasteiger partial charge in [-0.25, -0.2) is 0 Å². The van der Waals surface area contributed by atoms with Crippen molar-refractivity contribution in [1.82, 2.24) is 0 Å². The molecule has 0 fully saturated rings. The quantitative estimate of drug-likeness (QED) is 0.506. The normalized spacial score (nSPS) is 19.6. The molecule has 0 spiro atoms. The average Bonchev–Trinajstić information content (AvgIpc) is 1.92. The Hall–Kier alpha value is -0.520. The van der Waals surface area contributed by atoms with E-state index in [4.69, 9.17) is 0 Å². The lowest BCUT2D eigenvalue weighted by Gasteiger charge is -2.27. The molecule has 0 atom stereocenters. The Morgan fingerprint density at radius 3 is 2.08 bits per heavy atom. The van der Waals surface area contributed by atoms with Gasteiger partial charge < -0.3 is 0 Å². The number of rotatable bonds is 0. The van der Waals surface area contributed by atoms with Crippen molar-refractivity contribution >= 4 is 0 Å². The molecule has 0 heterocycles. The molecule has 0 heteroatoms. The summed E-state index contributed by atoms with van der Waals surface area (Å²) in [5, 5.41) is 0. The number of hydrogen-bond donors (Lipinski definition) is 0. The van der Waals surface area contributed by atoms with E-state index in [0.29, 0.717) is 5.41 Å². The van der Waals surface area contributed by atoms with Gasteiger partial charge in [0.1, 0.15) is 0 Å². The fourth-order valence-corrected chi connectivity index (χ4v) is 1.82. The van der Waals surface area contributed by atoms with Crippen molar-refractivity contribution in [3.63, 3.8) is 0 Å². The van der Waals surface area contributed by atoms with E-state index in [1.54, 1.807) is 11.1 Å². The van der Waals surface area contributed by atoms with Gasteiger partial charge in [0.05, 0.1) is 0 Å². The third kappa shape index (κ3) is 2.00. The largest absolute Gasteiger partial charge is 0.0727 e. The smallest absolute Gasteiger partial charge is 0.0132 e. The molecule has 12 heavy (non-hydrogen) atoms. The van der Waals surface area contributed by atoms with Crippen molar-refractivity contribution in [2.45, 2.75) is 47.5 Å². The zero-order valence-corrected chi connectivity index (χ0v) is 8.99. The lowest BCUT2D eigenvalue weighted by molar-refractivity contribution is 0.504. The van der Waals surface area contributed by atoms with Crippen molar-refractivity contribution in [2.75, 3.05) is 0 Å². The van der Waals surface area contributed by atoms with Crippen molar-refractivity contribution in [3.05, 3.63) is 22.8 Å². The first kappa shape index (κ1) is 9.57. The van der Waals surface area contributed by atoms with Gasteiger partial charge >= 0.3 is 0 Å². The van der Waals surface area contributed by atoms with Crippen LogP contribution in [0, 0.1) is 5.41 Å². The number of hydrogen-bond acceptors (Lipinski definition) is 0. The van der Waals surface area contributed by atoms with Crippen molar-refractivity contribution in [2.24, 2.45) is 5.41 Å². The van der Waals surface area contributed by atoms with Crippen molar-refractivity contribution in [3.8, 4) is 0 Å². The van der Waals surface area contributed by atoms with Crippen LogP contribution in [0.3, 0.4) is 0 Å². The minimum Gasteiger partial charge on any atom is -0.0727 e. The van der Waals surface area contributed by atoms with E-state index in [0.717, 1.165) is 0 Å². The van der Waals surface area contributed by atoms with Gasteiger partial charge in [-0.15, -0.1) is 0 Å². The third-order valence-corrected chi connectivity index (χ3v) is 2.55. The molecule has 1 rings (SSSR count). The highest BCUT2D eigenvalue weighted by molar-refractivity contribution is 5.35. The summed E-state index contributed by atoms with van der Waals surface area (Å²) in [4.78, 5) is 0. The van der Waals surface area contributed by atoms with Crippen LogP contribution in [0.15, 0.2) is 22.8 Å². The predicted molar refractivity (Wildman–Crippen MR) is 55.1 cm³/mol. The number of allylic oxidation sites excluding steroid dienone is 4. The Kier molecular flexibility index (Phi) is 2.46. The molecule has 0 aromatic carbocycles. The maximum atomic E-state index is 2.37. The maximum absolute atomic E-state index is 2.37. The molecule has 1 aliphatic carbocycles. The molecule has 0 nitrogen and oxygen atoms in total. The van der Waals surface area contributed by atoms with Gasteiger partial charge in [-0.2, -0.15) is 0 Å². The standard InChI is InChI=1S/C12H20/c1-9-6-7-10(2)11(8-9)12(3,4)5/h8H,6-7H2,1-5H3. The lowest BCUT2D eigenvalue weighted by atomic mass is 9.79. The van der Waals surface area contributed by atoms with Crippen molar-refractivity contribution < 1.29 is 0 Å². The first-order valence-corrected chi connectivity index (χ1v) is 4.78. The van der Waals surface area contributed by atoms with Crippen LogP contribution in [0.2, 0.25) is 0 Å². The lowest BCUT2D eigenvalue weighted by Crippen LogP contribution is -2.12. The second-order valence-corrected chi connectivity index (χ2v) is 4.93. The molecule has 0 aromatic heterocycles. The molecule has 0 N–H and O–H groups in total. The van der Waals surface area contributed by atoms with E-state index in [-0.39, 0.29) is 0 Å². The predicted octanol–water partition coefficient (Wildman–Crippen LogP) is 4.09. The van der Waals surface area contributed by atoms with Crippen LogP contribution in [0.5, 0.6) is 0 Å². The summed E-state index contributed by atoms with van der Waals surface area (Å²) >= 11 is 0. The van der Waals surface area contributed by atoms with E-state index < -0.39 is 0 Å². The van der Waals surface area contributed by atoms with Crippen LogP contribution >= 0.6 is 0 Å². The zero-order valence-electron chi connectivity index (χ0n) is 8.99. The average molecular weight is 164 g/mol. The maximum Gasteiger partial charge on any atom is -0.0132 e. The molecule has 68 valence electrons. The fourth-order valence-electron chi connectivity index (χ4n) is 1.82. The molecule has 0 saturated carbocycles. The molecule has 0 amide bonds. The van der Waals surface area contributed by atoms with Crippen LogP contribution in [-0.2, 0) is 0 Å². The monoisotopic (exact) mass is 164 g/mol. The summed E-state index contributed by atoms with van der Waals surface area (Å²) in [6.07, 6.45) is 4.89.